The monoisotopic (exact) mass is 554 g/mol. The lowest BCUT2D eigenvalue weighted by Gasteiger charge is -2.35. The van der Waals surface area contributed by atoms with Crippen LogP contribution in [0.15, 0.2) is 0 Å². The van der Waals surface area contributed by atoms with Gasteiger partial charge in [0.2, 0.25) is 0 Å². The summed E-state index contributed by atoms with van der Waals surface area (Å²) in [5.41, 5.74) is -0.528. The minimum Gasteiger partial charge on any atom is -0.354 e. The van der Waals surface area contributed by atoms with Crippen LogP contribution < -0.4 is 0 Å². The van der Waals surface area contributed by atoms with Crippen molar-refractivity contribution in [2.24, 2.45) is 0 Å². The van der Waals surface area contributed by atoms with Gasteiger partial charge in [0.25, 0.3) is 0 Å². The molecule has 0 aromatic heterocycles. The van der Waals surface area contributed by atoms with Gasteiger partial charge in [0.15, 0.2) is 0 Å². The maximum atomic E-state index is 6.41. The summed E-state index contributed by atoms with van der Waals surface area (Å²) in [6, 6.07) is 2.63. The molecule has 0 fully saturated rings. The lowest BCUT2D eigenvalue weighted by molar-refractivity contribution is -0.182. The van der Waals surface area contributed by atoms with Crippen LogP contribution in [0.5, 0.6) is 0 Å². The maximum absolute atomic E-state index is 6.41. The van der Waals surface area contributed by atoms with E-state index in [0.717, 1.165) is 76.5 Å². The molecule has 0 aliphatic carbocycles. The van der Waals surface area contributed by atoms with E-state index in [1.165, 1.54) is 37.8 Å². The van der Waals surface area contributed by atoms with Crippen LogP contribution in [0, 0.1) is 0 Å². The van der Waals surface area contributed by atoms with Crippen LogP contribution in [0.3, 0.4) is 0 Å². The molecule has 206 valence electrons. The molecule has 0 amide bonds. The van der Waals surface area contributed by atoms with E-state index in [4.69, 9.17) is 18.9 Å². The Labute approximate surface area is 225 Å². The predicted octanol–water partition coefficient (Wildman–Crippen LogP) is 6.94. The highest BCUT2D eigenvalue weighted by molar-refractivity contribution is 8.76. The van der Waals surface area contributed by atoms with E-state index in [2.05, 4.69) is 41.5 Å². The van der Waals surface area contributed by atoms with Crippen molar-refractivity contribution in [1.82, 2.24) is 0 Å². The van der Waals surface area contributed by atoms with Crippen LogP contribution in [-0.2, 0) is 18.9 Å². The van der Waals surface area contributed by atoms with Gasteiger partial charge in [0, 0.05) is 50.8 Å². The molecule has 0 spiro atoms. The normalized spacial score (nSPS) is 13.2. The molecule has 0 aliphatic rings. The van der Waals surface area contributed by atoms with Crippen LogP contribution in [0.2, 0.25) is 12.1 Å². The molecule has 34 heavy (non-hydrogen) atoms. The molecule has 0 bridgehead atoms. The Kier molecular flexibility index (Phi) is 25.0. The van der Waals surface area contributed by atoms with Gasteiger partial charge in [0.1, 0.15) is 10.8 Å². The van der Waals surface area contributed by atoms with Crippen molar-refractivity contribution >= 4 is 40.6 Å². The summed E-state index contributed by atoms with van der Waals surface area (Å²) in [7, 11) is 3.12. The second-order valence-electron chi connectivity index (χ2n) is 9.27. The van der Waals surface area contributed by atoms with Gasteiger partial charge in [-0.05, 0) is 25.7 Å². The first-order valence-electron chi connectivity index (χ1n) is 14.4. The van der Waals surface area contributed by atoms with Crippen molar-refractivity contribution in [1.29, 1.82) is 0 Å². The predicted molar refractivity (Wildman–Crippen MR) is 161 cm³/mol. The summed E-state index contributed by atoms with van der Waals surface area (Å²) in [6.45, 7) is 16.6. The smallest absolute Gasteiger partial charge is 0.145 e. The number of hydrogen-bond donors (Lipinski definition) is 0. The quantitative estimate of drug-likeness (QED) is 0.0474. The average molecular weight is 555 g/mol. The van der Waals surface area contributed by atoms with Crippen LogP contribution in [-0.4, -0.2) is 67.8 Å². The Bertz CT molecular complexity index is 380. The molecule has 0 N–H and O–H groups in total. The van der Waals surface area contributed by atoms with E-state index in [9.17, 15) is 0 Å². The molecule has 4 nitrogen and oxygen atoms in total. The number of ether oxygens (including phenoxy) is 4. The molecule has 0 saturated carbocycles. The van der Waals surface area contributed by atoms with Crippen molar-refractivity contribution in [3.8, 4) is 0 Å². The highest BCUT2D eigenvalue weighted by Crippen LogP contribution is 2.31. The zero-order valence-corrected chi connectivity index (χ0v) is 28.1. The van der Waals surface area contributed by atoms with Crippen molar-refractivity contribution < 1.29 is 18.9 Å². The lowest BCUT2D eigenvalue weighted by atomic mass is 10.4. The summed E-state index contributed by atoms with van der Waals surface area (Å²) in [6.07, 6.45) is 11.4. The summed E-state index contributed by atoms with van der Waals surface area (Å²) < 4.78 is 25.7. The van der Waals surface area contributed by atoms with Gasteiger partial charge in [-0.1, -0.05) is 101 Å². The third kappa shape index (κ3) is 17.4. The van der Waals surface area contributed by atoms with Crippen LogP contribution >= 0.6 is 21.6 Å². The molecule has 0 aromatic carbocycles. The fourth-order valence-electron chi connectivity index (χ4n) is 3.86. The summed E-state index contributed by atoms with van der Waals surface area (Å²) in [5, 5.41) is 0. The zero-order valence-electron chi connectivity index (χ0n) is 23.6. The molecule has 0 unspecified atom stereocenters. The Balaban J connectivity index is 4.81. The fourth-order valence-corrected chi connectivity index (χ4v) is 11.2. The molecule has 0 rings (SSSR count). The van der Waals surface area contributed by atoms with Gasteiger partial charge >= 0.3 is 0 Å². The molecular formula is C26H58O4S2Si2. The lowest BCUT2D eigenvalue weighted by Crippen LogP contribution is -2.44. The second kappa shape index (κ2) is 24.3. The molecular weight excluding hydrogens is 497 g/mol. The number of unbranched alkanes of at least 4 members (excludes halogenated alkanes) is 2. The maximum Gasteiger partial charge on any atom is 0.145 e. The van der Waals surface area contributed by atoms with Crippen molar-refractivity contribution in [3.63, 3.8) is 0 Å². The van der Waals surface area contributed by atoms with Gasteiger partial charge in [-0.25, -0.2) is 0 Å². The third-order valence-electron chi connectivity index (χ3n) is 5.82. The Morgan fingerprint density at radius 2 is 0.824 bits per heavy atom. The molecule has 0 aromatic rings. The standard InChI is InChI=1S/C26H58O4S2Si2/c1-7-13-23-33-25(27-17-9-3,28-18-10-4)15-21-31-32-22-16-26(29-19-11-5,30-20-12-6)34-24-14-8-2/h7-24,33-34H2,1-6H3. The molecule has 0 atom stereocenters. The Hall–Kier alpha value is 0.974. The molecule has 0 saturated heterocycles. The summed E-state index contributed by atoms with van der Waals surface area (Å²) in [4.78, 5) is 0. The topological polar surface area (TPSA) is 36.9 Å². The summed E-state index contributed by atoms with van der Waals surface area (Å²) >= 11 is 0. The molecule has 0 aliphatic heterocycles. The number of hydrogen-bond acceptors (Lipinski definition) is 6. The van der Waals surface area contributed by atoms with Crippen molar-refractivity contribution in [3.05, 3.63) is 0 Å². The highest BCUT2D eigenvalue weighted by atomic mass is 33.1. The first kappa shape index (κ1) is 35.0. The Morgan fingerprint density at radius 3 is 1.09 bits per heavy atom. The van der Waals surface area contributed by atoms with Crippen LogP contribution in [0.4, 0.5) is 0 Å². The first-order chi connectivity index (χ1) is 16.6. The largest absolute Gasteiger partial charge is 0.354 e. The third-order valence-corrected chi connectivity index (χ3v) is 13.0. The van der Waals surface area contributed by atoms with Gasteiger partial charge in [-0.2, -0.15) is 0 Å². The SMILES string of the molecule is CCCC[SiH2]C(CCSSCCC(OCCC)(OCCC)[SiH2]CCCC)(OCCC)OCCC. The molecule has 0 radical (unpaired) electrons. The van der Waals surface area contributed by atoms with E-state index in [0.29, 0.717) is 0 Å². The first-order valence-corrected chi connectivity index (χ1v) is 20.3. The van der Waals surface area contributed by atoms with Gasteiger partial charge < -0.3 is 18.9 Å². The van der Waals surface area contributed by atoms with E-state index in [1.807, 2.05) is 21.6 Å². The van der Waals surface area contributed by atoms with Gasteiger partial charge in [0.05, 0.1) is 19.0 Å². The Morgan fingerprint density at radius 1 is 0.500 bits per heavy atom. The van der Waals surface area contributed by atoms with Gasteiger partial charge in [-0.15, -0.1) is 0 Å². The van der Waals surface area contributed by atoms with E-state index in [-0.39, 0.29) is 10.8 Å². The molecule has 0 heterocycles. The van der Waals surface area contributed by atoms with E-state index >= 15 is 0 Å². The second-order valence-corrected chi connectivity index (χ2v) is 16.5. The average Bonchev–Trinajstić information content (AvgIpc) is 2.85. The summed E-state index contributed by atoms with van der Waals surface area (Å²) in [5.74, 6) is 2.17. The van der Waals surface area contributed by atoms with Crippen LogP contribution in [0.1, 0.15) is 106 Å². The van der Waals surface area contributed by atoms with E-state index < -0.39 is 19.0 Å². The van der Waals surface area contributed by atoms with Crippen LogP contribution in [0.25, 0.3) is 0 Å². The van der Waals surface area contributed by atoms with Gasteiger partial charge in [-0.3, -0.25) is 0 Å². The number of rotatable bonds is 27. The van der Waals surface area contributed by atoms with E-state index in [1.54, 1.807) is 0 Å². The fraction of sp³-hybridized carbons (Fsp3) is 1.00. The highest BCUT2D eigenvalue weighted by Gasteiger charge is 2.32. The van der Waals surface area contributed by atoms with Crippen molar-refractivity contribution in [2.45, 2.75) is 129 Å². The van der Waals surface area contributed by atoms with Crippen molar-refractivity contribution in [2.75, 3.05) is 37.9 Å². The molecule has 8 heteroatoms. The minimum atomic E-state index is -0.428. The zero-order chi connectivity index (χ0) is 25.4. The minimum absolute atomic E-state index is 0.264.